The number of benzene rings is 1. The van der Waals surface area contributed by atoms with Crippen molar-refractivity contribution in [1.82, 2.24) is 4.90 Å². The Bertz CT molecular complexity index is 483. The number of Topliss-reactive ketones (excluding diaryl/α,β-unsaturated/α-hetero) is 1. The molecule has 1 aromatic rings. The van der Waals surface area contributed by atoms with E-state index < -0.39 is 17.7 Å². The number of rotatable bonds is 4. The minimum absolute atomic E-state index is 0.253. The van der Waals surface area contributed by atoms with Crippen LogP contribution in [-0.4, -0.2) is 35.7 Å². The van der Waals surface area contributed by atoms with Crippen molar-refractivity contribution in [3.8, 4) is 5.75 Å². The monoisotopic (exact) mass is 301 g/mol. The minimum Gasteiger partial charge on any atom is -0.465 e. The number of likely N-dealkylation sites (tertiary alicyclic amines) is 1. The summed E-state index contributed by atoms with van der Waals surface area (Å²) in [4.78, 5) is 13.4. The van der Waals surface area contributed by atoms with Gasteiger partial charge in [0.15, 0.2) is 0 Å². The van der Waals surface area contributed by atoms with Crippen LogP contribution in [0.3, 0.4) is 0 Å². The summed E-state index contributed by atoms with van der Waals surface area (Å²) >= 11 is 0. The van der Waals surface area contributed by atoms with E-state index in [1.807, 2.05) is 0 Å². The topological polar surface area (TPSA) is 29.5 Å². The Morgan fingerprint density at radius 3 is 2.19 bits per heavy atom. The molecule has 1 aliphatic heterocycles. The fraction of sp³-hybridized carbons (Fsp3) is 0.533. The molecular weight excluding hydrogens is 283 g/mol. The first-order valence-corrected chi connectivity index (χ1v) is 6.95. The van der Waals surface area contributed by atoms with Crippen LogP contribution >= 0.6 is 0 Å². The molecular formula is C15H18F3NO2. The minimum atomic E-state index is -4.93. The summed E-state index contributed by atoms with van der Waals surface area (Å²) in [6.45, 7) is 2.05. The van der Waals surface area contributed by atoms with Crippen molar-refractivity contribution in [2.24, 2.45) is 0 Å². The molecule has 0 aromatic heterocycles. The SMILES string of the molecule is CC(Oc1ccccc1)(C(=O)C(F)(F)F)N1CCCCC1. The van der Waals surface area contributed by atoms with Gasteiger partial charge in [-0.3, -0.25) is 9.69 Å². The van der Waals surface area contributed by atoms with Gasteiger partial charge in [0.05, 0.1) is 0 Å². The van der Waals surface area contributed by atoms with Crippen molar-refractivity contribution in [1.29, 1.82) is 0 Å². The molecule has 1 aliphatic rings. The molecule has 0 bridgehead atoms. The highest BCUT2D eigenvalue weighted by atomic mass is 19.4. The second-order valence-electron chi connectivity index (χ2n) is 5.27. The molecule has 1 unspecified atom stereocenters. The Morgan fingerprint density at radius 1 is 1.10 bits per heavy atom. The summed E-state index contributed by atoms with van der Waals surface area (Å²) in [5.74, 6) is -1.61. The van der Waals surface area contributed by atoms with E-state index in [4.69, 9.17) is 4.74 Å². The van der Waals surface area contributed by atoms with Gasteiger partial charge in [0.25, 0.3) is 5.78 Å². The molecule has 0 N–H and O–H groups in total. The largest absolute Gasteiger partial charge is 0.465 e. The molecule has 1 aromatic carbocycles. The van der Waals surface area contributed by atoms with Crippen molar-refractivity contribution in [3.63, 3.8) is 0 Å². The number of ketones is 1. The Balaban J connectivity index is 2.31. The number of halogens is 3. The molecule has 0 aliphatic carbocycles. The van der Waals surface area contributed by atoms with E-state index in [9.17, 15) is 18.0 Å². The summed E-state index contributed by atoms with van der Waals surface area (Å²) in [7, 11) is 0. The molecule has 3 nitrogen and oxygen atoms in total. The zero-order valence-electron chi connectivity index (χ0n) is 11.8. The van der Waals surface area contributed by atoms with Crippen molar-refractivity contribution in [3.05, 3.63) is 30.3 Å². The average Bonchev–Trinajstić information content (AvgIpc) is 2.47. The van der Waals surface area contributed by atoms with Gasteiger partial charge >= 0.3 is 6.18 Å². The van der Waals surface area contributed by atoms with E-state index in [1.54, 1.807) is 30.3 Å². The Labute approximate surface area is 121 Å². The highest BCUT2D eigenvalue weighted by molar-refractivity contribution is 5.91. The van der Waals surface area contributed by atoms with Crippen molar-refractivity contribution < 1.29 is 22.7 Å². The molecule has 6 heteroatoms. The highest BCUT2D eigenvalue weighted by Crippen LogP contribution is 2.32. The summed E-state index contributed by atoms with van der Waals surface area (Å²) in [5, 5.41) is 0. The van der Waals surface area contributed by atoms with E-state index in [-0.39, 0.29) is 5.75 Å². The molecule has 0 saturated carbocycles. The smallest absolute Gasteiger partial charge is 0.455 e. The second-order valence-corrected chi connectivity index (χ2v) is 5.27. The molecule has 0 radical (unpaired) electrons. The lowest BCUT2D eigenvalue weighted by Crippen LogP contribution is -2.61. The van der Waals surface area contributed by atoms with Gasteiger partial charge < -0.3 is 4.74 Å². The second kappa shape index (κ2) is 6.05. The number of ether oxygens (including phenoxy) is 1. The van der Waals surface area contributed by atoms with E-state index in [0.717, 1.165) is 19.3 Å². The van der Waals surface area contributed by atoms with Crippen LogP contribution in [0, 0.1) is 0 Å². The highest BCUT2D eigenvalue weighted by Gasteiger charge is 2.55. The number of hydrogen-bond donors (Lipinski definition) is 0. The lowest BCUT2D eigenvalue weighted by Gasteiger charge is -2.41. The quantitative estimate of drug-likeness (QED) is 0.853. The van der Waals surface area contributed by atoms with Crippen LogP contribution in [0.2, 0.25) is 0 Å². The molecule has 2 rings (SSSR count). The Hall–Kier alpha value is -1.56. The average molecular weight is 301 g/mol. The van der Waals surface area contributed by atoms with Crippen LogP contribution in [0.25, 0.3) is 0 Å². The zero-order valence-corrected chi connectivity index (χ0v) is 11.8. The third-order valence-electron chi connectivity index (χ3n) is 3.70. The number of carbonyl (C=O) groups is 1. The molecule has 116 valence electrons. The Morgan fingerprint density at radius 2 is 1.67 bits per heavy atom. The predicted molar refractivity (Wildman–Crippen MR) is 72.0 cm³/mol. The fourth-order valence-corrected chi connectivity index (χ4v) is 2.56. The molecule has 1 heterocycles. The van der Waals surface area contributed by atoms with Gasteiger partial charge in [-0.25, -0.2) is 0 Å². The third-order valence-corrected chi connectivity index (χ3v) is 3.70. The number of nitrogens with zero attached hydrogens (tertiary/aromatic N) is 1. The van der Waals surface area contributed by atoms with Crippen LogP contribution in [-0.2, 0) is 4.79 Å². The van der Waals surface area contributed by atoms with Crippen molar-refractivity contribution in [2.45, 2.75) is 38.1 Å². The first-order chi connectivity index (χ1) is 9.84. The molecule has 1 fully saturated rings. The molecule has 0 spiro atoms. The van der Waals surface area contributed by atoms with E-state index >= 15 is 0 Å². The van der Waals surface area contributed by atoms with Crippen LogP contribution in [0.5, 0.6) is 5.75 Å². The maximum Gasteiger partial charge on any atom is 0.455 e. The number of piperidine rings is 1. The van der Waals surface area contributed by atoms with Gasteiger partial charge in [0.1, 0.15) is 5.75 Å². The van der Waals surface area contributed by atoms with Crippen molar-refractivity contribution in [2.75, 3.05) is 13.1 Å². The van der Waals surface area contributed by atoms with E-state index in [1.165, 1.54) is 11.8 Å². The van der Waals surface area contributed by atoms with Gasteiger partial charge in [0.2, 0.25) is 5.72 Å². The molecule has 0 amide bonds. The molecule has 1 atom stereocenters. The van der Waals surface area contributed by atoms with E-state index in [0.29, 0.717) is 13.1 Å². The summed E-state index contributed by atoms with van der Waals surface area (Å²) in [6, 6.07) is 8.14. The predicted octanol–water partition coefficient (Wildman–Crippen LogP) is 3.40. The summed E-state index contributed by atoms with van der Waals surface area (Å²) in [5.41, 5.74) is -2.01. The first kappa shape index (κ1) is 15.8. The molecule has 21 heavy (non-hydrogen) atoms. The molecule has 1 saturated heterocycles. The van der Waals surface area contributed by atoms with E-state index in [2.05, 4.69) is 0 Å². The maximum absolute atomic E-state index is 12.9. The first-order valence-electron chi connectivity index (χ1n) is 6.95. The maximum atomic E-state index is 12.9. The van der Waals surface area contributed by atoms with Crippen LogP contribution in [0.15, 0.2) is 30.3 Å². The van der Waals surface area contributed by atoms with Crippen LogP contribution in [0.4, 0.5) is 13.2 Å². The Kier molecular flexibility index (Phi) is 4.56. The van der Waals surface area contributed by atoms with Gasteiger partial charge in [0, 0.05) is 13.1 Å². The fourth-order valence-electron chi connectivity index (χ4n) is 2.56. The number of alkyl halides is 3. The van der Waals surface area contributed by atoms with Crippen LogP contribution in [0.1, 0.15) is 26.2 Å². The van der Waals surface area contributed by atoms with Gasteiger partial charge in [-0.1, -0.05) is 24.6 Å². The number of para-hydroxylation sites is 1. The number of carbonyl (C=O) groups excluding carboxylic acids is 1. The summed E-state index contributed by atoms with van der Waals surface area (Å²) in [6.07, 6.45) is -2.45. The van der Waals surface area contributed by atoms with Gasteiger partial charge in [-0.2, -0.15) is 13.2 Å². The standard InChI is InChI=1S/C15H18F3NO2/c1-14(13(20)15(16,17)18,19-10-6-3-7-11-19)21-12-8-4-2-5-9-12/h2,4-5,8-9H,3,6-7,10-11H2,1H3. The van der Waals surface area contributed by atoms with Crippen LogP contribution < -0.4 is 4.74 Å². The lowest BCUT2D eigenvalue weighted by molar-refractivity contribution is -0.202. The normalized spacial score (nSPS) is 19.8. The lowest BCUT2D eigenvalue weighted by atomic mass is 10.0. The summed E-state index contributed by atoms with van der Waals surface area (Å²) < 4.78 is 44.3. The van der Waals surface area contributed by atoms with Gasteiger partial charge in [-0.15, -0.1) is 0 Å². The zero-order chi connectivity index (χ0) is 15.5. The third kappa shape index (κ3) is 3.56. The van der Waals surface area contributed by atoms with Gasteiger partial charge in [-0.05, 0) is 31.9 Å². The van der Waals surface area contributed by atoms with Crippen molar-refractivity contribution >= 4 is 5.78 Å². The number of hydrogen-bond acceptors (Lipinski definition) is 3.